The molecule has 0 saturated heterocycles. The highest BCUT2D eigenvalue weighted by Crippen LogP contribution is 2.18. The molecule has 3 N–H and O–H groups in total. The van der Waals surface area contributed by atoms with Crippen molar-refractivity contribution in [3.05, 3.63) is 29.8 Å². The van der Waals surface area contributed by atoms with E-state index in [4.69, 9.17) is 4.74 Å². The van der Waals surface area contributed by atoms with E-state index in [2.05, 4.69) is 5.32 Å². The summed E-state index contributed by atoms with van der Waals surface area (Å²) >= 11 is 0. The van der Waals surface area contributed by atoms with Crippen LogP contribution >= 0.6 is 0 Å². The molecule has 102 valence electrons. The molecule has 0 aliphatic rings. The van der Waals surface area contributed by atoms with Crippen LogP contribution in [0.15, 0.2) is 24.3 Å². The molecule has 0 aliphatic heterocycles. The minimum absolute atomic E-state index is 0.250. The Kier molecular flexibility index (Phi) is 6.12. The van der Waals surface area contributed by atoms with Crippen molar-refractivity contribution in [3.8, 4) is 5.75 Å². The molecule has 0 aliphatic carbocycles. The second-order valence-electron chi connectivity index (χ2n) is 4.83. The number of benzene rings is 1. The monoisotopic (exact) mass is 253 g/mol. The molecule has 0 radical (unpaired) electrons. The van der Waals surface area contributed by atoms with Gasteiger partial charge < -0.3 is 20.3 Å². The Balaban J connectivity index is 2.32. The molecule has 18 heavy (non-hydrogen) atoms. The lowest BCUT2D eigenvalue weighted by molar-refractivity contribution is 0.0510. The third kappa shape index (κ3) is 6.00. The summed E-state index contributed by atoms with van der Waals surface area (Å²) in [5.74, 6) is 0.250. The summed E-state index contributed by atoms with van der Waals surface area (Å²) in [5.41, 5.74) is 0.284. The largest absolute Gasteiger partial charge is 0.508 e. The van der Waals surface area contributed by atoms with E-state index in [0.717, 1.165) is 18.7 Å². The zero-order valence-electron chi connectivity index (χ0n) is 11.1. The van der Waals surface area contributed by atoms with Crippen LogP contribution in [0.5, 0.6) is 5.75 Å². The van der Waals surface area contributed by atoms with Crippen LogP contribution in [-0.2, 0) is 11.2 Å². The molecule has 1 rings (SSSR count). The predicted molar refractivity (Wildman–Crippen MR) is 71.8 cm³/mol. The topological polar surface area (TPSA) is 61.7 Å². The molecular formula is C14H23NO3. The van der Waals surface area contributed by atoms with Crippen LogP contribution in [0, 0.1) is 0 Å². The van der Waals surface area contributed by atoms with E-state index in [1.54, 1.807) is 19.2 Å². The van der Waals surface area contributed by atoms with Crippen LogP contribution < -0.4 is 5.32 Å². The highest BCUT2D eigenvalue weighted by molar-refractivity contribution is 5.26. The maximum absolute atomic E-state index is 10.3. The smallest absolute Gasteiger partial charge is 0.115 e. The quantitative estimate of drug-likeness (QED) is 0.611. The van der Waals surface area contributed by atoms with Crippen LogP contribution in [0.25, 0.3) is 0 Å². The molecule has 4 nitrogen and oxygen atoms in total. The Bertz CT molecular complexity index is 335. The number of ether oxygens (including phenoxy) is 1. The summed E-state index contributed by atoms with van der Waals surface area (Å²) < 4.78 is 4.93. The van der Waals surface area contributed by atoms with Crippen LogP contribution in [0.2, 0.25) is 0 Å². The Morgan fingerprint density at radius 2 is 1.89 bits per heavy atom. The van der Waals surface area contributed by atoms with Gasteiger partial charge in [-0.25, -0.2) is 0 Å². The van der Waals surface area contributed by atoms with Crippen LogP contribution in [0.1, 0.15) is 18.9 Å². The zero-order chi connectivity index (χ0) is 13.4. The van der Waals surface area contributed by atoms with Crippen molar-refractivity contribution in [1.82, 2.24) is 5.32 Å². The molecular weight excluding hydrogens is 230 g/mol. The fourth-order valence-corrected chi connectivity index (χ4v) is 1.80. The maximum Gasteiger partial charge on any atom is 0.115 e. The average Bonchev–Trinajstić information content (AvgIpc) is 2.31. The van der Waals surface area contributed by atoms with Gasteiger partial charge in [-0.05, 0) is 37.6 Å². The highest BCUT2D eigenvalue weighted by Gasteiger charge is 2.20. The second kappa shape index (κ2) is 7.36. The minimum Gasteiger partial charge on any atom is -0.508 e. The van der Waals surface area contributed by atoms with Gasteiger partial charge in [0.15, 0.2) is 0 Å². The van der Waals surface area contributed by atoms with Gasteiger partial charge in [0.05, 0.1) is 12.2 Å². The van der Waals surface area contributed by atoms with Gasteiger partial charge in [-0.15, -0.1) is 0 Å². The molecule has 0 amide bonds. The lowest BCUT2D eigenvalue weighted by Gasteiger charge is -2.23. The summed E-state index contributed by atoms with van der Waals surface area (Å²) in [7, 11) is 1.67. The van der Waals surface area contributed by atoms with Gasteiger partial charge in [-0.2, -0.15) is 0 Å². The fraction of sp³-hybridized carbons (Fsp3) is 0.571. The number of hydrogen-bond donors (Lipinski definition) is 3. The summed E-state index contributed by atoms with van der Waals surface area (Å²) in [5, 5.41) is 22.7. The molecule has 0 heterocycles. The molecule has 0 spiro atoms. The van der Waals surface area contributed by atoms with E-state index >= 15 is 0 Å². The molecule has 1 aromatic carbocycles. The van der Waals surface area contributed by atoms with E-state index in [0.29, 0.717) is 19.4 Å². The first kappa shape index (κ1) is 15.0. The molecule has 0 fully saturated rings. The van der Waals surface area contributed by atoms with Gasteiger partial charge in [0.1, 0.15) is 5.75 Å². The highest BCUT2D eigenvalue weighted by atomic mass is 16.5. The van der Waals surface area contributed by atoms with Gasteiger partial charge in [0.2, 0.25) is 0 Å². The number of methoxy groups -OCH3 is 1. The normalized spacial score (nSPS) is 14.4. The molecule has 4 heteroatoms. The number of aliphatic hydroxyl groups is 1. The Labute approximate surface area is 109 Å². The van der Waals surface area contributed by atoms with Gasteiger partial charge in [0, 0.05) is 20.1 Å². The molecule has 0 aromatic heterocycles. The average molecular weight is 253 g/mol. The van der Waals surface area contributed by atoms with Crippen molar-refractivity contribution in [2.45, 2.75) is 25.4 Å². The van der Waals surface area contributed by atoms with E-state index in [-0.39, 0.29) is 5.75 Å². The number of aromatic hydroxyl groups is 1. The van der Waals surface area contributed by atoms with Crippen molar-refractivity contribution >= 4 is 0 Å². The number of phenols is 1. The molecule has 0 bridgehead atoms. The lowest BCUT2D eigenvalue weighted by atomic mass is 9.93. The molecule has 1 atom stereocenters. The van der Waals surface area contributed by atoms with Crippen molar-refractivity contribution in [2.24, 2.45) is 0 Å². The lowest BCUT2D eigenvalue weighted by Crippen LogP contribution is -2.33. The minimum atomic E-state index is -0.739. The van der Waals surface area contributed by atoms with Crippen molar-refractivity contribution in [3.63, 3.8) is 0 Å². The first-order valence-corrected chi connectivity index (χ1v) is 6.23. The summed E-state index contributed by atoms with van der Waals surface area (Å²) in [6, 6.07) is 6.95. The maximum atomic E-state index is 10.3. The van der Waals surface area contributed by atoms with Crippen LogP contribution in [0.3, 0.4) is 0 Å². The van der Waals surface area contributed by atoms with E-state index in [9.17, 15) is 10.2 Å². The Morgan fingerprint density at radius 1 is 1.22 bits per heavy atom. The molecule has 0 saturated carbocycles. The number of phenolic OH excluding ortho intramolecular Hbond substituents is 1. The van der Waals surface area contributed by atoms with Crippen molar-refractivity contribution < 1.29 is 14.9 Å². The number of hydrogen-bond acceptors (Lipinski definition) is 4. The molecule has 1 unspecified atom stereocenters. The van der Waals surface area contributed by atoms with Gasteiger partial charge in [-0.1, -0.05) is 12.1 Å². The van der Waals surface area contributed by atoms with E-state index in [1.807, 2.05) is 19.1 Å². The summed E-state index contributed by atoms with van der Waals surface area (Å²) in [4.78, 5) is 0. The van der Waals surface area contributed by atoms with Crippen LogP contribution in [-0.4, -0.2) is 42.6 Å². The van der Waals surface area contributed by atoms with E-state index in [1.165, 1.54) is 0 Å². The number of nitrogens with one attached hydrogen (secondary N) is 1. The Morgan fingerprint density at radius 3 is 2.50 bits per heavy atom. The Hall–Kier alpha value is -1.10. The standard InChI is InChI=1S/C14H23NO3/c1-14(17,7-8-15-9-10-18-2)11-12-3-5-13(16)6-4-12/h3-6,15-17H,7-11H2,1-2H3. The first-order valence-electron chi connectivity index (χ1n) is 6.23. The van der Waals surface area contributed by atoms with Gasteiger partial charge in [0.25, 0.3) is 0 Å². The molecule has 1 aromatic rings. The first-order chi connectivity index (χ1) is 8.53. The third-order valence-electron chi connectivity index (χ3n) is 2.84. The third-order valence-corrected chi connectivity index (χ3v) is 2.84. The number of rotatable bonds is 8. The van der Waals surface area contributed by atoms with Crippen molar-refractivity contribution in [2.75, 3.05) is 26.8 Å². The van der Waals surface area contributed by atoms with Crippen LogP contribution in [0.4, 0.5) is 0 Å². The second-order valence-corrected chi connectivity index (χ2v) is 4.83. The van der Waals surface area contributed by atoms with Gasteiger partial charge >= 0.3 is 0 Å². The summed E-state index contributed by atoms with van der Waals surface area (Å²) in [6.07, 6.45) is 1.26. The summed E-state index contributed by atoms with van der Waals surface area (Å²) in [6.45, 7) is 4.07. The zero-order valence-corrected chi connectivity index (χ0v) is 11.1. The van der Waals surface area contributed by atoms with Crippen molar-refractivity contribution in [1.29, 1.82) is 0 Å². The SMILES string of the molecule is COCCNCCC(C)(O)Cc1ccc(O)cc1. The van der Waals surface area contributed by atoms with E-state index < -0.39 is 5.60 Å². The van der Waals surface area contributed by atoms with Gasteiger partial charge in [-0.3, -0.25) is 0 Å². The predicted octanol–water partition coefficient (Wildman–Crippen LogP) is 1.31. The fourth-order valence-electron chi connectivity index (χ4n) is 1.80.